The number of para-hydroxylation sites is 1. The number of carbonyl (C=O) groups is 1. The molecule has 3 aromatic carbocycles. The summed E-state index contributed by atoms with van der Waals surface area (Å²) in [6.07, 6.45) is 1.72. The summed E-state index contributed by atoms with van der Waals surface area (Å²) in [5.74, 6) is -0.304. The first kappa shape index (κ1) is 25.1. The van der Waals surface area contributed by atoms with E-state index in [2.05, 4.69) is 4.99 Å². The Morgan fingerprint density at radius 1 is 1.06 bits per heavy atom. The van der Waals surface area contributed by atoms with E-state index in [1.165, 1.54) is 24.9 Å². The summed E-state index contributed by atoms with van der Waals surface area (Å²) in [5.41, 5.74) is 1.80. The molecular formula is C28H24FNO5S. The lowest BCUT2D eigenvalue weighted by atomic mass is 10.1. The van der Waals surface area contributed by atoms with Gasteiger partial charge in [-0.3, -0.25) is 0 Å². The predicted molar refractivity (Wildman–Crippen MR) is 139 cm³/mol. The molecule has 1 heterocycles. The van der Waals surface area contributed by atoms with E-state index in [-0.39, 0.29) is 30.4 Å². The van der Waals surface area contributed by atoms with Gasteiger partial charge < -0.3 is 19.3 Å². The second-order valence-electron chi connectivity index (χ2n) is 7.60. The van der Waals surface area contributed by atoms with E-state index in [4.69, 9.17) is 14.2 Å². The third kappa shape index (κ3) is 5.78. The van der Waals surface area contributed by atoms with Gasteiger partial charge in [-0.25, -0.2) is 14.2 Å². The van der Waals surface area contributed by atoms with Crippen LogP contribution >= 0.6 is 11.8 Å². The molecule has 36 heavy (non-hydrogen) atoms. The quantitative estimate of drug-likeness (QED) is 0.347. The van der Waals surface area contributed by atoms with Crippen LogP contribution < -0.4 is 9.47 Å². The average Bonchev–Trinajstić information content (AvgIpc) is 3.18. The highest BCUT2D eigenvalue weighted by Crippen LogP contribution is 2.41. The van der Waals surface area contributed by atoms with Crippen molar-refractivity contribution in [1.82, 2.24) is 0 Å². The summed E-state index contributed by atoms with van der Waals surface area (Å²) < 4.78 is 30.3. The monoisotopic (exact) mass is 505 g/mol. The minimum absolute atomic E-state index is 0.0220. The van der Waals surface area contributed by atoms with Gasteiger partial charge in [-0.1, -0.05) is 54.2 Å². The van der Waals surface area contributed by atoms with Crippen LogP contribution in [0.5, 0.6) is 11.5 Å². The molecule has 0 bridgehead atoms. The Hall–Kier alpha value is -4.04. The van der Waals surface area contributed by atoms with Gasteiger partial charge in [0, 0.05) is 5.56 Å². The maximum Gasteiger partial charge on any atom is 0.344 e. The molecule has 0 aromatic heterocycles. The van der Waals surface area contributed by atoms with Crippen LogP contribution in [0.15, 0.2) is 94.0 Å². The van der Waals surface area contributed by atoms with Crippen molar-refractivity contribution in [3.05, 3.63) is 106 Å². The largest absolute Gasteiger partial charge is 0.506 e. The second-order valence-corrected chi connectivity index (χ2v) is 8.63. The Morgan fingerprint density at radius 2 is 1.81 bits per heavy atom. The number of rotatable bonds is 8. The van der Waals surface area contributed by atoms with Crippen LogP contribution in [0.4, 0.5) is 10.1 Å². The lowest BCUT2D eigenvalue weighted by Gasteiger charge is -2.12. The molecule has 0 aliphatic carbocycles. The molecule has 0 amide bonds. The molecule has 3 aromatic rings. The fourth-order valence-corrected chi connectivity index (χ4v) is 4.46. The molecule has 0 unspecified atom stereocenters. The summed E-state index contributed by atoms with van der Waals surface area (Å²) in [7, 11) is 1.51. The lowest BCUT2D eigenvalue weighted by molar-refractivity contribution is -0.138. The number of aliphatic hydroxyl groups excluding tert-OH is 1. The van der Waals surface area contributed by atoms with Crippen LogP contribution in [0.25, 0.3) is 6.08 Å². The Morgan fingerprint density at radius 3 is 2.53 bits per heavy atom. The van der Waals surface area contributed by atoms with E-state index >= 15 is 0 Å². The number of carbonyl (C=O) groups excluding carboxylic acids is 1. The van der Waals surface area contributed by atoms with E-state index in [0.29, 0.717) is 38.3 Å². The topological polar surface area (TPSA) is 77.4 Å². The molecule has 0 radical (unpaired) electrons. The van der Waals surface area contributed by atoms with E-state index in [0.717, 1.165) is 0 Å². The Balaban J connectivity index is 1.62. The predicted octanol–water partition coefficient (Wildman–Crippen LogP) is 6.61. The van der Waals surface area contributed by atoms with Gasteiger partial charge in [-0.2, -0.15) is 0 Å². The van der Waals surface area contributed by atoms with E-state index in [9.17, 15) is 14.3 Å². The molecule has 0 fully saturated rings. The number of aliphatic hydroxyl groups is 1. The number of halogens is 1. The first-order chi connectivity index (χ1) is 17.5. The van der Waals surface area contributed by atoms with Gasteiger partial charge in [-0.05, 0) is 48.9 Å². The molecule has 0 spiro atoms. The lowest BCUT2D eigenvalue weighted by Crippen LogP contribution is -2.12. The van der Waals surface area contributed by atoms with Gasteiger partial charge in [0.2, 0.25) is 0 Å². The highest BCUT2D eigenvalue weighted by Gasteiger charge is 2.33. The van der Waals surface area contributed by atoms with Crippen molar-refractivity contribution in [2.45, 2.75) is 13.5 Å². The van der Waals surface area contributed by atoms with Gasteiger partial charge in [0.05, 0.1) is 24.3 Å². The third-order valence-corrected chi connectivity index (χ3v) is 6.20. The van der Waals surface area contributed by atoms with Crippen molar-refractivity contribution < 1.29 is 28.5 Å². The zero-order chi connectivity index (χ0) is 25.5. The van der Waals surface area contributed by atoms with Crippen molar-refractivity contribution in [2.75, 3.05) is 13.7 Å². The molecule has 1 N–H and O–H groups in total. The van der Waals surface area contributed by atoms with E-state index < -0.39 is 5.97 Å². The zero-order valence-corrected chi connectivity index (χ0v) is 20.5. The van der Waals surface area contributed by atoms with Gasteiger partial charge in [0.1, 0.15) is 28.8 Å². The number of ether oxygens (including phenoxy) is 3. The minimum atomic E-state index is -0.643. The minimum Gasteiger partial charge on any atom is -0.506 e. The summed E-state index contributed by atoms with van der Waals surface area (Å²) in [5, 5.41) is 11.2. The number of hydrogen-bond acceptors (Lipinski definition) is 7. The number of hydrogen-bond donors (Lipinski definition) is 1. The Bertz CT molecular complexity index is 1350. The van der Waals surface area contributed by atoms with Gasteiger partial charge in [0.15, 0.2) is 11.5 Å². The van der Waals surface area contributed by atoms with Crippen LogP contribution in [0.2, 0.25) is 0 Å². The smallest absolute Gasteiger partial charge is 0.344 e. The van der Waals surface area contributed by atoms with Crippen LogP contribution in [0.3, 0.4) is 0 Å². The second kappa shape index (κ2) is 11.6. The molecule has 6 nitrogen and oxygen atoms in total. The molecule has 1 aliphatic heterocycles. The molecule has 8 heteroatoms. The molecule has 0 saturated heterocycles. The molecule has 0 atom stereocenters. The fourth-order valence-electron chi connectivity index (χ4n) is 3.43. The Labute approximate surface area is 212 Å². The number of benzene rings is 3. The van der Waals surface area contributed by atoms with Crippen molar-refractivity contribution in [3.8, 4) is 11.5 Å². The normalized spacial score (nSPS) is 15.4. The average molecular weight is 506 g/mol. The molecule has 4 rings (SSSR count). The van der Waals surface area contributed by atoms with Crippen LogP contribution in [0, 0.1) is 5.82 Å². The standard InChI is InChI=1S/C28H24FNO5S/c1-3-34-28(32)25-26(31)24(36-27(25)30-20-10-5-4-6-11-20)16-18-13-14-22(23(15-18)33-2)35-17-19-9-7-8-12-21(19)29/h4-16,31H,3,17H2,1-2H3/b24-16-,30-27?. The van der Waals surface area contributed by atoms with E-state index in [1.54, 1.807) is 61.5 Å². The van der Waals surface area contributed by atoms with Crippen molar-refractivity contribution >= 4 is 34.5 Å². The Kier molecular flexibility index (Phi) is 8.07. The summed E-state index contributed by atoms with van der Waals surface area (Å²) in [6.45, 7) is 1.92. The highest BCUT2D eigenvalue weighted by atomic mass is 32.2. The number of nitrogens with zero attached hydrogens (tertiary/aromatic N) is 1. The molecule has 184 valence electrons. The first-order valence-electron chi connectivity index (χ1n) is 11.2. The molecule has 0 saturated carbocycles. The van der Waals surface area contributed by atoms with Gasteiger partial charge >= 0.3 is 5.97 Å². The first-order valence-corrected chi connectivity index (χ1v) is 12.0. The summed E-state index contributed by atoms with van der Waals surface area (Å²) in [6, 6.07) is 20.8. The molecular weight excluding hydrogens is 481 g/mol. The SMILES string of the molecule is CCOC(=O)C1=C(O)/C(=C/c2ccc(OCc3ccccc3F)c(OC)c2)SC1=Nc1ccccc1. The van der Waals surface area contributed by atoms with E-state index in [1.807, 2.05) is 18.2 Å². The van der Waals surface area contributed by atoms with Crippen molar-refractivity contribution in [2.24, 2.45) is 4.99 Å². The number of aliphatic imine (C=N–C) groups is 1. The van der Waals surface area contributed by atoms with Crippen molar-refractivity contribution in [1.29, 1.82) is 0 Å². The van der Waals surface area contributed by atoms with Crippen molar-refractivity contribution in [3.63, 3.8) is 0 Å². The summed E-state index contributed by atoms with van der Waals surface area (Å²) >= 11 is 1.17. The maximum atomic E-state index is 13.9. The van der Waals surface area contributed by atoms with Gasteiger partial charge in [0.25, 0.3) is 0 Å². The number of methoxy groups -OCH3 is 1. The van der Waals surface area contributed by atoms with Crippen LogP contribution in [-0.4, -0.2) is 29.8 Å². The third-order valence-electron chi connectivity index (χ3n) is 5.18. The highest BCUT2D eigenvalue weighted by molar-refractivity contribution is 8.18. The molecule has 1 aliphatic rings. The fraction of sp³-hybridized carbons (Fsp3) is 0.143. The number of thioether (sulfide) groups is 1. The van der Waals surface area contributed by atoms with Crippen LogP contribution in [0.1, 0.15) is 18.1 Å². The van der Waals surface area contributed by atoms with Crippen LogP contribution in [-0.2, 0) is 16.1 Å². The zero-order valence-electron chi connectivity index (χ0n) is 19.7. The number of esters is 1. The maximum absolute atomic E-state index is 13.9. The summed E-state index contributed by atoms with van der Waals surface area (Å²) in [4.78, 5) is 17.6. The van der Waals surface area contributed by atoms with Gasteiger partial charge in [-0.15, -0.1) is 0 Å².